The van der Waals surface area contributed by atoms with Crippen LogP contribution in [0.3, 0.4) is 0 Å². The van der Waals surface area contributed by atoms with E-state index in [9.17, 15) is 24.3 Å². The molecule has 1 unspecified atom stereocenters. The van der Waals surface area contributed by atoms with Gasteiger partial charge in [-0.2, -0.15) is 0 Å². The Morgan fingerprint density at radius 3 is 1.82 bits per heavy atom. The molecule has 0 aliphatic rings. The van der Waals surface area contributed by atoms with Crippen LogP contribution in [0, 0.1) is 0 Å². The van der Waals surface area contributed by atoms with E-state index < -0.39 is 25.9 Å². The van der Waals surface area contributed by atoms with Crippen LogP contribution in [0.4, 0.5) is 0 Å². The quantitative estimate of drug-likeness (QED) is 0.140. The number of amides is 1. The Hall–Kier alpha value is -1.20. The fourth-order valence-electron chi connectivity index (χ4n) is 4.10. The Morgan fingerprint density at radius 2 is 1.33 bits per heavy atom. The predicted molar refractivity (Wildman–Crippen MR) is 135 cm³/mol. The summed E-state index contributed by atoms with van der Waals surface area (Å²) in [5, 5.41) is 13.1. The highest BCUT2D eigenvalue weighted by atomic mass is 31.2. The summed E-state index contributed by atoms with van der Waals surface area (Å²) in [7, 11) is -4.38. The van der Waals surface area contributed by atoms with E-state index in [1.54, 1.807) is 0 Å². The molecule has 1 rings (SSSR count). The maximum absolute atomic E-state index is 12.4. The van der Waals surface area contributed by atoms with Crippen LogP contribution in [0.15, 0.2) is 30.3 Å². The van der Waals surface area contributed by atoms with Gasteiger partial charge in [0, 0.05) is 6.42 Å². The van der Waals surface area contributed by atoms with Crippen molar-refractivity contribution < 1.29 is 24.3 Å². The third-order valence-electron chi connectivity index (χ3n) is 6.04. The molecule has 0 radical (unpaired) electrons. The third-order valence-corrected chi connectivity index (χ3v) is 6.89. The summed E-state index contributed by atoms with van der Waals surface area (Å²) in [6.07, 6.45) is 14.8. The van der Waals surface area contributed by atoms with E-state index in [0.717, 1.165) is 24.8 Å². The molecule has 0 heterocycles. The number of unbranched alkanes of at least 4 members (excludes halogenated alkanes) is 12. The lowest BCUT2D eigenvalue weighted by atomic mass is 10.0. The van der Waals surface area contributed by atoms with Crippen LogP contribution in [0.5, 0.6) is 0 Å². The summed E-state index contributed by atoms with van der Waals surface area (Å²) in [4.78, 5) is 30.8. The lowest BCUT2D eigenvalue weighted by Crippen LogP contribution is -2.46. The summed E-state index contributed by atoms with van der Waals surface area (Å²) >= 11 is 0. The first-order valence-electron chi connectivity index (χ1n) is 12.9. The van der Waals surface area contributed by atoms with E-state index in [0.29, 0.717) is 12.8 Å². The van der Waals surface area contributed by atoms with Crippen LogP contribution in [-0.2, 0) is 15.8 Å². The smallest absolute Gasteiger partial charge is 0.328 e. The van der Waals surface area contributed by atoms with Gasteiger partial charge in [-0.1, -0.05) is 114 Å². The van der Waals surface area contributed by atoms with Crippen LogP contribution in [0.25, 0.3) is 0 Å². The Bertz CT molecular complexity index is 664. The van der Waals surface area contributed by atoms with Crippen molar-refractivity contribution in [2.45, 2.75) is 115 Å². The van der Waals surface area contributed by atoms with Crippen LogP contribution in [0.1, 0.15) is 102 Å². The van der Waals surface area contributed by atoms with Gasteiger partial charge in [0.15, 0.2) is 0 Å². The van der Waals surface area contributed by atoms with Gasteiger partial charge in [-0.25, -0.2) is 0 Å². The summed E-state index contributed by atoms with van der Waals surface area (Å²) in [6, 6.07) is 8.60. The molecule has 0 saturated carbocycles. The first-order valence-corrected chi connectivity index (χ1v) is 14.7. The lowest BCUT2D eigenvalue weighted by molar-refractivity contribution is -0.122. The molecule has 0 aliphatic heterocycles. The molecule has 0 fully saturated rings. The molecule has 0 saturated heterocycles. The van der Waals surface area contributed by atoms with Crippen molar-refractivity contribution >= 4 is 13.5 Å². The van der Waals surface area contributed by atoms with Gasteiger partial charge in [-0.3, -0.25) is 9.36 Å². The zero-order valence-corrected chi connectivity index (χ0v) is 21.4. The van der Waals surface area contributed by atoms with Crippen LogP contribution >= 0.6 is 7.60 Å². The second-order valence-electron chi connectivity index (χ2n) is 9.27. The average Bonchev–Trinajstić information content (AvgIpc) is 2.76. The Labute approximate surface area is 200 Å². The third kappa shape index (κ3) is 17.0. The van der Waals surface area contributed by atoms with Crippen molar-refractivity contribution in [3.63, 3.8) is 0 Å². The van der Waals surface area contributed by atoms with Gasteiger partial charge >= 0.3 is 7.60 Å². The Morgan fingerprint density at radius 1 is 0.848 bits per heavy atom. The number of rotatable bonds is 20. The molecule has 1 aromatic rings. The van der Waals surface area contributed by atoms with Crippen molar-refractivity contribution in [2.24, 2.45) is 0 Å². The second kappa shape index (κ2) is 18.2. The Balaban J connectivity index is 2.21. The fraction of sp³-hybridized carbons (Fsp3) is 0.731. The van der Waals surface area contributed by atoms with Crippen molar-refractivity contribution in [3.05, 3.63) is 35.9 Å². The summed E-state index contributed by atoms with van der Waals surface area (Å²) in [5.41, 5.74) is 0.897. The van der Waals surface area contributed by atoms with Gasteiger partial charge in [0.2, 0.25) is 5.91 Å². The summed E-state index contributed by atoms with van der Waals surface area (Å²) in [5.74, 6) is -0.177. The van der Waals surface area contributed by atoms with Gasteiger partial charge in [0.25, 0.3) is 0 Å². The number of carbonyl (C=O) groups is 1. The van der Waals surface area contributed by atoms with Crippen molar-refractivity contribution in [1.29, 1.82) is 0 Å². The molecule has 1 amide bonds. The second-order valence-corrected chi connectivity index (χ2v) is 11.0. The molecule has 2 atom stereocenters. The van der Waals surface area contributed by atoms with Crippen molar-refractivity contribution in [3.8, 4) is 0 Å². The van der Waals surface area contributed by atoms with E-state index in [1.165, 1.54) is 64.2 Å². The normalized spacial score (nSPS) is 13.6. The minimum Gasteiger partial charge on any atom is -0.390 e. The molecular weight excluding hydrogens is 437 g/mol. The maximum Gasteiger partial charge on any atom is 0.328 e. The fourth-order valence-corrected chi connectivity index (χ4v) is 4.85. The molecule has 0 spiro atoms. The van der Waals surface area contributed by atoms with Gasteiger partial charge in [-0.15, -0.1) is 0 Å². The Kier molecular flexibility index (Phi) is 16.4. The average molecular weight is 484 g/mol. The highest BCUT2D eigenvalue weighted by Gasteiger charge is 2.28. The van der Waals surface area contributed by atoms with Crippen LogP contribution in [0.2, 0.25) is 0 Å². The molecule has 33 heavy (non-hydrogen) atoms. The predicted octanol–water partition coefficient (Wildman–Crippen LogP) is 5.73. The number of carbonyl (C=O) groups excluding carboxylic acids is 1. The van der Waals surface area contributed by atoms with Gasteiger partial charge in [0.05, 0.1) is 18.3 Å². The van der Waals surface area contributed by atoms with Gasteiger partial charge in [0.1, 0.15) is 0 Å². The minimum absolute atomic E-state index is 0.177. The van der Waals surface area contributed by atoms with Crippen LogP contribution in [-0.4, -0.2) is 39.1 Å². The summed E-state index contributed by atoms with van der Waals surface area (Å²) in [6.45, 7) is 2.25. The van der Waals surface area contributed by atoms with E-state index in [-0.39, 0.29) is 5.91 Å². The zero-order valence-electron chi connectivity index (χ0n) is 20.5. The molecule has 0 aliphatic carbocycles. The number of nitrogens with one attached hydrogen (secondary N) is 1. The molecule has 190 valence electrons. The standard InChI is InChI=1S/C26H46NO5P/c1-2-3-4-5-6-7-8-9-10-11-12-13-17-20-26(29)27-24(25(28)22-33(30,31)32)21-23-18-15-14-16-19-23/h14-16,18-19,24-25,28H,2-13,17,20-22H2,1H3,(H,27,29)(H2,30,31,32)/t24-,25?/m0/s1. The highest BCUT2D eigenvalue weighted by Crippen LogP contribution is 2.35. The molecular formula is C26H46NO5P. The van der Waals surface area contributed by atoms with E-state index in [1.807, 2.05) is 30.3 Å². The van der Waals surface area contributed by atoms with Gasteiger partial charge < -0.3 is 20.2 Å². The van der Waals surface area contributed by atoms with E-state index in [2.05, 4.69) is 12.2 Å². The van der Waals surface area contributed by atoms with Crippen molar-refractivity contribution in [2.75, 3.05) is 6.16 Å². The first-order chi connectivity index (χ1) is 15.8. The van der Waals surface area contributed by atoms with E-state index >= 15 is 0 Å². The van der Waals surface area contributed by atoms with Crippen molar-refractivity contribution in [1.82, 2.24) is 5.32 Å². The number of aliphatic hydroxyl groups is 1. The number of aliphatic hydroxyl groups excluding tert-OH is 1. The molecule has 0 bridgehead atoms. The van der Waals surface area contributed by atoms with Gasteiger partial charge in [-0.05, 0) is 18.4 Å². The maximum atomic E-state index is 12.4. The molecule has 1 aromatic carbocycles. The van der Waals surface area contributed by atoms with E-state index in [4.69, 9.17) is 0 Å². The first kappa shape index (κ1) is 29.8. The molecule has 4 N–H and O–H groups in total. The van der Waals surface area contributed by atoms with Crippen LogP contribution < -0.4 is 5.32 Å². The largest absolute Gasteiger partial charge is 0.390 e. The molecule has 7 heteroatoms. The molecule has 6 nitrogen and oxygen atoms in total. The SMILES string of the molecule is CCCCCCCCCCCCCCCC(=O)N[C@@H](Cc1ccccc1)C(O)CP(=O)(O)O. The zero-order chi connectivity index (χ0) is 24.4. The lowest BCUT2D eigenvalue weighted by Gasteiger charge is -2.24. The number of hydrogen-bond acceptors (Lipinski definition) is 3. The number of hydrogen-bond donors (Lipinski definition) is 4. The number of benzene rings is 1. The highest BCUT2D eigenvalue weighted by molar-refractivity contribution is 7.51. The molecule has 0 aromatic heterocycles. The monoisotopic (exact) mass is 483 g/mol. The minimum atomic E-state index is -4.38. The summed E-state index contributed by atoms with van der Waals surface area (Å²) < 4.78 is 11.3. The topological polar surface area (TPSA) is 107 Å².